The fraction of sp³-hybridized carbons (Fsp3) is 0.263. The Morgan fingerprint density at radius 2 is 2.18 bits per heavy atom. The Morgan fingerprint density at radius 1 is 1.25 bits per heavy atom. The topological polar surface area (TPSA) is 116 Å². The summed E-state index contributed by atoms with van der Waals surface area (Å²) >= 11 is 0. The summed E-state index contributed by atoms with van der Waals surface area (Å²) in [5.74, 6) is 0.295. The third-order valence-electron chi connectivity index (χ3n) is 5.13. The first kappa shape index (κ1) is 16.5. The third kappa shape index (κ3) is 2.90. The summed E-state index contributed by atoms with van der Waals surface area (Å²) in [5.41, 5.74) is 8.58. The van der Waals surface area contributed by atoms with E-state index in [1.807, 2.05) is 29.2 Å². The number of hydrogen-bond acceptors (Lipinski definition) is 7. The van der Waals surface area contributed by atoms with Gasteiger partial charge in [0.15, 0.2) is 5.65 Å². The van der Waals surface area contributed by atoms with Crippen molar-refractivity contribution in [3.63, 3.8) is 0 Å². The highest BCUT2D eigenvalue weighted by Crippen LogP contribution is 2.23. The second kappa shape index (κ2) is 6.52. The zero-order valence-corrected chi connectivity index (χ0v) is 15.1. The highest BCUT2D eigenvalue weighted by molar-refractivity contribution is 5.79. The van der Waals surface area contributed by atoms with Crippen molar-refractivity contribution in [2.45, 2.75) is 13.0 Å². The summed E-state index contributed by atoms with van der Waals surface area (Å²) in [7, 11) is 0. The summed E-state index contributed by atoms with van der Waals surface area (Å²) in [6, 6.07) is 10.1. The number of carbonyl (C=O) groups is 1. The minimum absolute atomic E-state index is 0.147. The van der Waals surface area contributed by atoms with Crippen molar-refractivity contribution in [2.24, 2.45) is 11.7 Å². The van der Waals surface area contributed by atoms with E-state index in [-0.39, 0.29) is 11.8 Å². The minimum Gasteiger partial charge on any atom is -0.369 e. The van der Waals surface area contributed by atoms with Crippen LogP contribution in [0.25, 0.3) is 22.2 Å². The van der Waals surface area contributed by atoms with Gasteiger partial charge in [-0.15, -0.1) is 5.10 Å². The van der Waals surface area contributed by atoms with Crippen LogP contribution < -0.4 is 10.6 Å². The Kier molecular flexibility index (Phi) is 3.85. The molecule has 3 aromatic heterocycles. The van der Waals surface area contributed by atoms with E-state index >= 15 is 0 Å². The van der Waals surface area contributed by atoms with E-state index in [0.717, 1.165) is 29.4 Å². The Hall–Kier alpha value is -3.62. The number of hydrogen-bond donors (Lipinski definition) is 1. The number of nitrogens with two attached hydrogens (primary N) is 1. The molecule has 0 saturated carbocycles. The summed E-state index contributed by atoms with van der Waals surface area (Å²) in [6.07, 6.45) is 4.19. The maximum absolute atomic E-state index is 11.4. The first-order valence-electron chi connectivity index (χ1n) is 9.11. The number of pyridine rings is 1. The molecule has 0 aliphatic carbocycles. The molecule has 4 aromatic rings. The predicted octanol–water partition coefficient (Wildman–Crippen LogP) is 1.13. The zero-order valence-electron chi connectivity index (χ0n) is 15.1. The second-order valence-electron chi connectivity index (χ2n) is 6.99. The van der Waals surface area contributed by atoms with E-state index in [9.17, 15) is 4.79 Å². The van der Waals surface area contributed by atoms with Crippen LogP contribution in [-0.2, 0) is 11.3 Å². The van der Waals surface area contributed by atoms with Gasteiger partial charge >= 0.3 is 0 Å². The van der Waals surface area contributed by atoms with Gasteiger partial charge in [0.25, 0.3) is 0 Å². The molecule has 140 valence electrons. The molecule has 5 rings (SSSR count). The van der Waals surface area contributed by atoms with Crippen LogP contribution in [0.15, 0.2) is 42.7 Å². The molecule has 9 nitrogen and oxygen atoms in total. The molecule has 1 saturated heterocycles. The Balaban J connectivity index is 1.45. The van der Waals surface area contributed by atoms with E-state index in [1.54, 1.807) is 17.1 Å². The van der Waals surface area contributed by atoms with Gasteiger partial charge in [0.2, 0.25) is 11.6 Å². The largest absolute Gasteiger partial charge is 0.369 e. The molecule has 0 bridgehead atoms. The Labute approximate surface area is 160 Å². The molecule has 1 amide bonds. The number of anilines is 1. The summed E-state index contributed by atoms with van der Waals surface area (Å²) < 4.78 is 1.74. The molecule has 2 N–H and O–H groups in total. The van der Waals surface area contributed by atoms with Gasteiger partial charge in [-0.2, -0.15) is 0 Å². The van der Waals surface area contributed by atoms with E-state index < -0.39 is 0 Å². The van der Waals surface area contributed by atoms with Gasteiger partial charge in [-0.1, -0.05) is 17.3 Å². The van der Waals surface area contributed by atoms with Crippen LogP contribution in [0.5, 0.6) is 0 Å². The molecule has 1 unspecified atom stereocenters. The van der Waals surface area contributed by atoms with Crippen molar-refractivity contribution in [3.8, 4) is 0 Å². The van der Waals surface area contributed by atoms with Gasteiger partial charge in [-0.3, -0.25) is 9.78 Å². The van der Waals surface area contributed by atoms with Gasteiger partial charge in [0, 0.05) is 24.7 Å². The molecular weight excluding hydrogens is 356 g/mol. The Morgan fingerprint density at radius 3 is 3.04 bits per heavy atom. The number of carbonyl (C=O) groups excluding carboxylic acids is 1. The standard InChI is InChI=1S/C19H18N8O/c20-17(28)14-5-7-26(11-14)16-9-22-18-19(23-16)27(25-24-18)10-12-3-4-15-13(8-12)2-1-6-21-15/h1-4,6,8-9,14H,5,7,10-11H2,(H2,20,28). The zero-order chi connectivity index (χ0) is 19.1. The molecule has 1 fully saturated rings. The van der Waals surface area contributed by atoms with E-state index in [0.29, 0.717) is 30.2 Å². The Bertz CT molecular complexity index is 1190. The van der Waals surface area contributed by atoms with Gasteiger partial charge in [-0.25, -0.2) is 14.6 Å². The van der Waals surface area contributed by atoms with Crippen molar-refractivity contribution in [1.29, 1.82) is 0 Å². The molecule has 4 heterocycles. The normalized spacial score (nSPS) is 16.9. The SMILES string of the molecule is NC(=O)C1CCN(c2cnc3nnn(Cc4ccc5ncccc5c4)c3n2)C1. The van der Waals surface area contributed by atoms with Gasteiger partial charge < -0.3 is 10.6 Å². The van der Waals surface area contributed by atoms with Gasteiger partial charge in [0.05, 0.1) is 24.2 Å². The predicted molar refractivity (Wildman–Crippen MR) is 103 cm³/mol. The quantitative estimate of drug-likeness (QED) is 0.569. The molecule has 28 heavy (non-hydrogen) atoms. The smallest absolute Gasteiger partial charge is 0.222 e. The number of nitrogens with zero attached hydrogens (tertiary/aromatic N) is 7. The number of fused-ring (bicyclic) bond motifs is 2. The monoisotopic (exact) mass is 374 g/mol. The summed E-state index contributed by atoms with van der Waals surface area (Å²) in [6.45, 7) is 1.82. The van der Waals surface area contributed by atoms with Crippen LogP contribution in [-0.4, -0.2) is 48.9 Å². The second-order valence-corrected chi connectivity index (χ2v) is 6.99. The lowest BCUT2D eigenvalue weighted by Gasteiger charge is -2.16. The molecule has 1 atom stereocenters. The summed E-state index contributed by atoms with van der Waals surface area (Å²) in [5, 5.41) is 9.41. The van der Waals surface area contributed by atoms with E-state index in [2.05, 4.69) is 26.3 Å². The van der Waals surface area contributed by atoms with Crippen LogP contribution in [0.1, 0.15) is 12.0 Å². The molecule has 0 spiro atoms. The number of benzene rings is 1. The molecule has 0 radical (unpaired) electrons. The van der Waals surface area contributed by atoms with Crippen molar-refractivity contribution in [3.05, 3.63) is 48.3 Å². The van der Waals surface area contributed by atoms with Crippen molar-refractivity contribution in [1.82, 2.24) is 29.9 Å². The summed E-state index contributed by atoms with van der Waals surface area (Å²) in [4.78, 5) is 26.9. The van der Waals surface area contributed by atoms with E-state index in [4.69, 9.17) is 10.7 Å². The van der Waals surface area contributed by atoms with Crippen LogP contribution in [0.4, 0.5) is 5.82 Å². The minimum atomic E-state index is -0.269. The first-order valence-corrected chi connectivity index (χ1v) is 9.11. The van der Waals surface area contributed by atoms with Crippen LogP contribution >= 0.6 is 0 Å². The molecular formula is C19H18N8O. The van der Waals surface area contributed by atoms with Crippen molar-refractivity contribution >= 4 is 33.9 Å². The van der Waals surface area contributed by atoms with E-state index in [1.165, 1.54) is 0 Å². The lowest BCUT2D eigenvalue weighted by Crippen LogP contribution is -2.27. The average Bonchev–Trinajstić information content (AvgIpc) is 3.35. The molecule has 1 aliphatic heterocycles. The lowest BCUT2D eigenvalue weighted by atomic mass is 10.1. The maximum Gasteiger partial charge on any atom is 0.222 e. The number of primary amides is 1. The van der Waals surface area contributed by atoms with Crippen molar-refractivity contribution < 1.29 is 4.79 Å². The third-order valence-corrected chi connectivity index (χ3v) is 5.13. The first-order chi connectivity index (χ1) is 13.7. The fourth-order valence-corrected chi connectivity index (χ4v) is 3.60. The maximum atomic E-state index is 11.4. The number of rotatable bonds is 4. The van der Waals surface area contributed by atoms with Crippen LogP contribution in [0, 0.1) is 5.92 Å². The van der Waals surface area contributed by atoms with Gasteiger partial charge in [0.1, 0.15) is 5.82 Å². The highest BCUT2D eigenvalue weighted by Gasteiger charge is 2.28. The molecule has 1 aromatic carbocycles. The average molecular weight is 374 g/mol. The fourth-order valence-electron chi connectivity index (χ4n) is 3.60. The van der Waals surface area contributed by atoms with Crippen molar-refractivity contribution in [2.75, 3.05) is 18.0 Å². The lowest BCUT2D eigenvalue weighted by molar-refractivity contribution is -0.121. The van der Waals surface area contributed by atoms with Crippen LogP contribution in [0.3, 0.4) is 0 Å². The highest BCUT2D eigenvalue weighted by atomic mass is 16.1. The number of amides is 1. The molecule has 9 heteroatoms. The molecule has 1 aliphatic rings. The van der Waals surface area contributed by atoms with Gasteiger partial charge in [-0.05, 0) is 30.2 Å². The van der Waals surface area contributed by atoms with Crippen LogP contribution in [0.2, 0.25) is 0 Å². The number of aromatic nitrogens is 6.